The molecule has 0 aliphatic heterocycles. The second-order valence-electron chi connectivity index (χ2n) is 5.08. The van der Waals surface area contributed by atoms with E-state index in [1.54, 1.807) is 31.2 Å². The molecule has 8 nitrogen and oxygen atoms in total. The van der Waals surface area contributed by atoms with Gasteiger partial charge in [-0.15, -0.1) is 0 Å². The third kappa shape index (κ3) is 4.31. The molecule has 1 aromatic carbocycles. The van der Waals surface area contributed by atoms with Crippen LogP contribution in [0.1, 0.15) is 29.5 Å². The van der Waals surface area contributed by atoms with E-state index in [4.69, 9.17) is 9.47 Å². The van der Waals surface area contributed by atoms with Gasteiger partial charge in [0, 0.05) is 6.92 Å². The third-order valence-electron chi connectivity index (χ3n) is 3.31. The van der Waals surface area contributed by atoms with Crippen LogP contribution in [0.25, 0.3) is 0 Å². The lowest BCUT2D eigenvalue weighted by Crippen LogP contribution is -2.14. The molecule has 0 amide bonds. The van der Waals surface area contributed by atoms with Gasteiger partial charge in [0.05, 0.1) is 12.2 Å². The summed E-state index contributed by atoms with van der Waals surface area (Å²) in [6.45, 7) is 4.40. The maximum atomic E-state index is 12.1. The minimum Gasteiger partial charge on any atom is -0.494 e. The second-order valence-corrected chi connectivity index (χ2v) is 5.08. The van der Waals surface area contributed by atoms with Gasteiger partial charge in [-0.2, -0.15) is 0 Å². The van der Waals surface area contributed by atoms with Crippen molar-refractivity contribution in [1.82, 2.24) is 9.55 Å². The molecule has 0 aliphatic rings. The molecule has 2 aromatic rings. The lowest BCUT2D eigenvalue weighted by molar-refractivity contribution is -0.392. The van der Waals surface area contributed by atoms with Crippen LogP contribution >= 0.6 is 0 Å². The molecular formula is C16H19N3O5. The van der Waals surface area contributed by atoms with E-state index in [9.17, 15) is 14.9 Å². The van der Waals surface area contributed by atoms with Crippen molar-refractivity contribution in [2.24, 2.45) is 0 Å². The van der Waals surface area contributed by atoms with Crippen LogP contribution in [0.3, 0.4) is 0 Å². The average molecular weight is 333 g/mol. The molecule has 1 aromatic heterocycles. The highest BCUT2D eigenvalue weighted by atomic mass is 16.6. The van der Waals surface area contributed by atoms with Gasteiger partial charge < -0.3 is 19.6 Å². The highest BCUT2D eigenvalue weighted by Crippen LogP contribution is 2.16. The van der Waals surface area contributed by atoms with Gasteiger partial charge in [-0.05, 0) is 29.5 Å². The fourth-order valence-corrected chi connectivity index (χ4v) is 2.12. The van der Waals surface area contributed by atoms with E-state index in [0.717, 1.165) is 6.42 Å². The number of ether oxygens (including phenoxy) is 2. The van der Waals surface area contributed by atoms with Gasteiger partial charge in [-0.3, -0.25) is 0 Å². The molecule has 0 spiro atoms. The third-order valence-corrected chi connectivity index (χ3v) is 3.31. The molecule has 8 heteroatoms. The number of aryl methyl sites for hydroxylation is 1. The van der Waals surface area contributed by atoms with E-state index in [2.05, 4.69) is 4.98 Å². The predicted octanol–water partition coefficient (Wildman–Crippen LogP) is 2.75. The molecule has 0 bridgehead atoms. The molecule has 1 heterocycles. The number of imidazole rings is 1. The number of hydrogen-bond donors (Lipinski definition) is 0. The van der Waals surface area contributed by atoms with Crippen molar-refractivity contribution in [3.8, 4) is 5.75 Å². The molecule has 2 rings (SSSR count). The highest BCUT2D eigenvalue weighted by Gasteiger charge is 2.18. The molecule has 0 aliphatic carbocycles. The van der Waals surface area contributed by atoms with Crippen LogP contribution in [-0.4, -0.2) is 33.7 Å². The number of carbonyl (C=O) groups excluding carboxylic acids is 1. The van der Waals surface area contributed by atoms with Crippen LogP contribution in [0, 0.1) is 17.0 Å². The second kappa shape index (κ2) is 8.09. The van der Waals surface area contributed by atoms with Crippen molar-refractivity contribution in [2.45, 2.75) is 26.8 Å². The summed E-state index contributed by atoms with van der Waals surface area (Å²) >= 11 is 0. The Bertz CT molecular complexity index is 726. The fraction of sp³-hybridized carbons (Fsp3) is 0.375. The number of nitro groups is 1. The number of nitrogens with zero attached hydrogens (tertiary/aromatic N) is 3. The molecule has 0 N–H and O–H groups in total. The minimum atomic E-state index is -0.517. The van der Waals surface area contributed by atoms with Crippen molar-refractivity contribution < 1.29 is 19.2 Å². The Balaban J connectivity index is 1.94. The van der Waals surface area contributed by atoms with Crippen molar-refractivity contribution in [3.63, 3.8) is 0 Å². The van der Waals surface area contributed by atoms with Gasteiger partial charge >= 0.3 is 11.8 Å². The fourth-order valence-electron chi connectivity index (χ4n) is 2.12. The van der Waals surface area contributed by atoms with Gasteiger partial charge in [0.1, 0.15) is 25.1 Å². The summed E-state index contributed by atoms with van der Waals surface area (Å²) in [6, 6.07) is 6.73. The molecular weight excluding hydrogens is 314 g/mol. The summed E-state index contributed by atoms with van der Waals surface area (Å²) < 4.78 is 12.1. The van der Waals surface area contributed by atoms with Crippen molar-refractivity contribution >= 4 is 11.8 Å². The molecule has 24 heavy (non-hydrogen) atoms. The Kier molecular flexibility index (Phi) is 5.89. The molecule has 0 saturated carbocycles. The van der Waals surface area contributed by atoms with Gasteiger partial charge in [0.25, 0.3) is 0 Å². The summed E-state index contributed by atoms with van der Waals surface area (Å²) in [5.41, 5.74) is 0.375. The van der Waals surface area contributed by atoms with E-state index < -0.39 is 10.9 Å². The van der Waals surface area contributed by atoms with E-state index >= 15 is 0 Å². The average Bonchev–Trinajstić information content (AvgIpc) is 2.94. The molecule has 0 unspecified atom stereocenters. The summed E-state index contributed by atoms with van der Waals surface area (Å²) in [4.78, 5) is 26.3. The smallest absolute Gasteiger partial charge is 0.342 e. The normalized spacial score (nSPS) is 10.4. The van der Waals surface area contributed by atoms with E-state index in [-0.39, 0.29) is 19.0 Å². The number of carbonyl (C=O) groups is 1. The summed E-state index contributed by atoms with van der Waals surface area (Å²) in [5, 5.41) is 10.9. The zero-order chi connectivity index (χ0) is 17.5. The first-order valence-electron chi connectivity index (χ1n) is 7.59. The van der Waals surface area contributed by atoms with Crippen molar-refractivity contribution in [1.29, 1.82) is 0 Å². The van der Waals surface area contributed by atoms with Gasteiger partial charge in [0.2, 0.25) is 0 Å². The quantitative estimate of drug-likeness (QED) is 0.418. The Hall–Kier alpha value is -2.90. The maximum absolute atomic E-state index is 12.1. The predicted molar refractivity (Wildman–Crippen MR) is 86.1 cm³/mol. The molecule has 0 saturated heterocycles. The Morgan fingerprint density at radius 1 is 1.38 bits per heavy atom. The first kappa shape index (κ1) is 17.5. The standard InChI is InChI=1S/C16H19N3O5/c1-3-8-23-14-6-4-5-13(10-14)16(20)24-9-7-18-12(2)17-11-15(18)19(21)22/h4-6,10-11H,3,7-9H2,1-2H3. The van der Waals surface area contributed by atoms with E-state index in [0.29, 0.717) is 23.7 Å². The maximum Gasteiger partial charge on any atom is 0.342 e. The van der Waals surface area contributed by atoms with Gasteiger partial charge in [-0.25, -0.2) is 14.3 Å². The monoisotopic (exact) mass is 333 g/mol. The SMILES string of the molecule is CCCOc1cccc(C(=O)OCCn2c([N+](=O)[O-])cnc2C)c1. The zero-order valence-corrected chi connectivity index (χ0v) is 13.6. The lowest BCUT2D eigenvalue weighted by Gasteiger charge is -2.08. The van der Waals surface area contributed by atoms with Crippen molar-refractivity contribution in [2.75, 3.05) is 13.2 Å². The number of benzene rings is 1. The molecule has 128 valence electrons. The molecule has 0 atom stereocenters. The number of rotatable bonds is 8. The van der Waals surface area contributed by atoms with Gasteiger partial charge in [0.15, 0.2) is 5.82 Å². The lowest BCUT2D eigenvalue weighted by atomic mass is 10.2. The summed E-state index contributed by atoms with van der Waals surface area (Å²) in [5.74, 6) is 0.469. The minimum absolute atomic E-state index is 0.0108. The van der Waals surface area contributed by atoms with Crippen LogP contribution in [0.5, 0.6) is 5.75 Å². The van der Waals surface area contributed by atoms with Crippen LogP contribution < -0.4 is 4.74 Å². The Morgan fingerprint density at radius 2 is 2.17 bits per heavy atom. The number of esters is 1. The number of hydrogen-bond acceptors (Lipinski definition) is 6. The largest absolute Gasteiger partial charge is 0.494 e. The van der Waals surface area contributed by atoms with Crippen LogP contribution in [-0.2, 0) is 11.3 Å². The molecule has 0 radical (unpaired) electrons. The number of aromatic nitrogens is 2. The summed E-state index contributed by atoms with van der Waals surface area (Å²) in [6.07, 6.45) is 2.06. The van der Waals surface area contributed by atoms with Gasteiger partial charge in [-0.1, -0.05) is 13.0 Å². The summed E-state index contributed by atoms with van der Waals surface area (Å²) in [7, 11) is 0. The van der Waals surface area contributed by atoms with E-state index in [1.165, 1.54) is 10.8 Å². The topological polar surface area (TPSA) is 96.5 Å². The first-order valence-corrected chi connectivity index (χ1v) is 7.59. The highest BCUT2D eigenvalue weighted by molar-refractivity contribution is 5.89. The van der Waals surface area contributed by atoms with Crippen LogP contribution in [0.15, 0.2) is 30.5 Å². The van der Waals surface area contributed by atoms with Crippen LogP contribution in [0.4, 0.5) is 5.82 Å². The molecule has 0 fully saturated rings. The Morgan fingerprint density at radius 3 is 2.88 bits per heavy atom. The first-order chi connectivity index (χ1) is 11.5. The van der Waals surface area contributed by atoms with Crippen molar-refractivity contribution in [3.05, 3.63) is 52.0 Å². The Labute approximate surface area is 139 Å². The zero-order valence-electron chi connectivity index (χ0n) is 13.6. The van der Waals surface area contributed by atoms with E-state index in [1.807, 2.05) is 6.92 Å². The van der Waals surface area contributed by atoms with Crippen LogP contribution in [0.2, 0.25) is 0 Å².